The van der Waals surface area contributed by atoms with E-state index in [1.165, 1.54) is 18.2 Å². The molecule has 3 rings (SSSR count). The van der Waals surface area contributed by atoms with Crippen LogP contribution in [0.4, 0.5) is 8.78 Å². The molecule has 0 unspecified atom stereocenters. The topological polar surface area (TPSA) is 93.0 Å². The lowest BCUT2D eigenvalue weighted by atomic mass is 9.84. The van der Waals surface area contributed by atoms with Crippen LogP contribution in [0.15, 0.2) is 53.6 Å². The molecular weight excluding hydrogens is 376 g/mol. The maximum atomic E-state index is 14.0. The lowest BCUT2D eigenvalue weighted by molar-refractivity contribution is 0.477. The van der Waals surface area contributed by atoms with Crippen LogP contribution in [-0.2, 0) is 15.5 Å². The third kappa shape index (κ3) is 3.83. The number of hydrogen-bond acceptors (Lipinski definition) is 5. The molecule has 0 aliphatic heterocycles. The van der Waals surface area contributed by atoms with E-state index in [1.807, 2.05) is 0 Å². The molecular formula is C18H15F2N3O3S. The van der Waals surface area contributed by atoms with Crippen LogP contribution in [0, 0.1) is 11.9 Å². The van der Waals surface area contributed by atoms with E-state index in [4.69, 9.17) is 0 Å². The Balaban J connectivity index is 2.08. The Morgan fingerprint density at radius 1 is 0.889 bits per heavy atom. The second kappa shape index (κ2) is 6.75. The van der Waals surface area contributed by atoms with Gasteiger partial charge in [0.1, 0.15) is 0 Å². The number of nitrogens with zero attached hydrogens (tertiary/aromatic N) is 3. The SMILES string of the molecule is CC(C)(c1cccc(-c2ccc(F)nc2F)n1)c1cccc(S(=O)(=O)O)n1. The van der Waals surface area contributed by atoms with Crippen molar-refractivity contribution in [1.82, 2.24) is 15.0 Å². The van der Waals surface area contributed by atoms with Gasteiger partial charge in [-0.3, -0.25) is 9.54 Å². The minimum Gasteiger partial charge on any atom is -0.281 e. The quantitative estimate of drug-likeness (QED) is 0.541. The van der Waals surface area contributed by atoms with Crippen molar-refractivity contribution < 1.29 is 21.8 Å². The first-order valence-electron chi connectivity index (χ1n) is 7.84. The second-order valence-corrected chi connectivity index (χ2v) is 7.71. The molecule has 1 N–H and O–H groups in total. The molecule has 0 amide bonds. The maximum Gasteiger partial charge on any atom is 0.312 e. The molecule has 0 aliphatic carbocycles. The van der Waals surface area contributed by atoms with Gasteiger partial charge in [0.05, 0.1) is 22.6 Å². The number of rotatable bonds is 4. The van der Waals surface area contributed by atoms with Crippen molar-refractivity contribution in [2.75, 3.05) is 0 Å². The minimum atomic E-state index is -4.45. The largest absolute Gasteiger partial charge is 0.312 e. The summed E-state index contributed by atoms with van der Waals surface area (Å²) in [5.41, 5.74) is 0.245. The van der Waals surface area contributed by atoms with Crippen molar-refractivity contribution >= 4 is 10.1 Å². The van der Waals surface area contributed by atoms with Crippen LogP contribution in [0.2, 0.25) is 0 Å². The van der Waals surface area contributed by atoms with Gasteiger partial charge in [0.2, 0.25) is 11.9 Å². The van der Waals surface area contributed by atoms with E-state index in [2.05, 4.69) is 15.0 Å². The van der Waals surface area contributed by atoms with Gasteiger partial charge in [-0.1, -0.05) is 12.1 Å². The zero-order valence-corrected chi connectivity index (χ0v) is 15.2. The van der Waals surface area contributed by atoms with Gasteiger partial charge in [0.15, 0.2) is 5.03 Å². The summed E-state index contributed by atoms with van der Waals surface area (Å²) in [4.78, 5) is 11.6. The van der Waals surface area contributed by atoms with E-state index >= 15 is 0 Å². The van der Waals surface area contributed by atoms with Crippen LogP contribution >= 0.6 is 0 Å². The van der Waals surface area contributed by atoms with E-state index < -0.39 is 32.5 Å². The summed E-state index contributed by atoms with van der Waals surface area (Å²) >= 11 is 0. The fourth-order valence-corrected chi connectivity index (χ4v) is 3.04. The number of hydrogen-bond donors (Lipinski definition) is 1. The summed E-state index contributed by atoms with van der Waals surface area (Å²) in [7, 11) is -4.45. The molecule has 3 aromatic rings. The normalized spacial score (nSPS) is 12.2. The lowest BCUT2D eigenvalue weighted by Crippen LogP contribution is -2.23. The molecule has 9 heteroatoms. The predicted octanol–water partition coefficient (Wildman–Crippen LogP) is 3.39. The van der Waals surface area contributed by atoms with Gasteiger partial charge < -0.3 is 0 Å². The van der Waals surface area contributed by atoms with E-state index in [1.54, 1.807) is 38.1 Å². The first-order valence-corrected chi connectivity index (χ1v) is 9.28. The number of halogens is 2. The van der Waals surface area contributed by atoms with Gasteiger partial charge in [-0.2, -0.15) is 22.2 Å². The van der Waals surface area contributed by atoms with Crippen molar-refractivity contribution in [3.63, 3.8) is 0 Å². The fourth-order valence-electron chi connectivity index (χ4n) is 2.57. The van der Waals surface area contributed by atoms with Gasteiger partial charge in [-0.15, -0.1) is 0 Å². The molecule has 3 aromatic heterocycles. The highest BCUT2D eigenvalue weighted by Gasteiger charge is 2.28. The van der Waals surface area contributed by atoms with E-state index in [-0.39, 0.29) is 11.3 Å². The summed E-state index contributed by atoms with van der Waals surface area (Å²) in [6, 6.07) is 11.4. The van der Waals surface area contributed by atoms with Gasteiger partial charge >= 0.3 is 10.1 Å². The summed E-state index contributed by atoms with van der Waals surface area (Å²) in [6.45, 7) is 3.52. The molecule has 0 bridgehead atoms. The molecule has 27 heavy (non-hydrogen) atoms. The van der Waals surface area contributed by atoms with Crippen molar-refractivity contribution in [1.29, 1.82) is 0 Å². The Bertz CT molecular complexity index is 1120. The monoisotopic (exact) mass is 391 g/mol. The van der Waals surface area contributed by atoms with Crippen LogP contribution in [0.3, 0.4) is 0 Å². The van der Waals surface area contributed by atoms with Gasteiger partial charge in [-0.05, 0) is 50.2 Å². The highest BCUT2D eigenvalue weighted by molar-refractivity contribution is 7.85. The van der Waals surface area contributed by atoms with E-state index in [9.17, 15) is 21.8 Å². The van der Waals surface area contributed by atoms with Crippen LogP contribution in [0.1, 0.15) is 25.2 Å². The van der Waals surface area contributed by atoms with Gasteiger partial charge in [0.25, 0.3) is 0 Å². The van der Waals surface area contributed by atoms with Crippen LogP contribution < -0.4 is 0 Å². The zero-order valence-electron chi connectivity index (χ0n) is 14.4. The third-order valence-electron chi connectivity index (χ3n) is 4.11. The summed E-state index contributed by atoms with van der Waals surface area (Å²) < 4.78 is 58.9. The summed E-state index contributed by atoms with van der Waals surface area (Å²) in [5, 5.41) is -0.474. The highest BCUT2D eigenvalue weighted by Crippen LogP contribution is 2.31. The summed E-state index contributed by atoms with van der Waals surface area (Å²) in [5.74, 6) is -1.91. The van der Waals surface area contributed by atoms with Crippen LogP contribution in [0.5, 0.6) is 0 Å². The molecule has 0 saturated carbocycles. The van der Waals surface area contributed by atoms with E-state index in [0.717, 1.165) is 6.07 Å². The lowest BCUT2D eigenvalue weighted by Gasteiger charge is -2.24. The third-order valence-corrected chi connectivity index (χ3v) is 4.86. The van der Waals surface area contributed by atoms with Crippen LogP contribution in [-0.4, -0.2) is 27.9 Å². The number of aromatic nitrogens is 3. The molecule has 140 valence electrons. The predicted molar refractivity (Wildman–Crippen MR) is 93.6 cm³/mol. The Morgan fingerprint density at radius 2 is 1.52 bits per heavy atom. The Labute approximate surface area is 154 Å². The molecule has 0 aromatic carbocycles. The first-order chi connectivity index (χ1) is 12.6. The average molecular weight is 391 g/mol. The molecule has 3 heterocycles. The van der Waals surface area contributed by atoms with E-state index in [0.29, 0.717) is 11.4 Å². The second-order valence-electron chi connectivity index (χ2n) is 6.34. The number of pyridine rings is 3. The highest BCUT2D eigenvalue weighted by atomic mass is 32.2. The Hall–Kier alpha value is -2.78. The summed E-state index contributed by atoms with van der Waals surface area (Å²) in [6.07, 6.45) is 0. The van der Waals surface area contributed by atoms with Crippen molar-refractivity contribution in [3.8, 4) is 11.3 Å². The molecule has 0 spiro atoms. The smallest absolute Gasteiger partial charge is 0.281 e. The molecule has 0 saturated heterocycles. The maximum absolute atomic E-state index is 14.0. The Kier molecular flexibility index (Phi) is 4.75. The standard InChI is InChI=1S/C18H15F2N3O3S/c1-18(2,14-7-4-8-16(22-14)27(24,25)26)13-6-3-5-12(21-13)11-9-10-15(19)23-17(11)20/h3-10H,1-2H3,(H,24,25,26). The van der Waals surface area contributed by atoms with Crippen molar-refractivity contribution in [2.24, 2.45) is 0 Å². The molecule has 0 radical (unpaired) electrons. The molecule has 0 atom stereocenters. The van der Waals surface area contributed by atoms with Gasteiger partial charge in [-0.25, -0.2) is 4.98 Å². The van der Waals surface area contributed by atoms with Crippen molar-refractivity contribution in [3.05, 3.63) is 71.8 Å². The molecule has 0 fully saturated rings. The minimum absolute atomic E-state index is 0.0358. The van der Waals surface area contributed by atoms with Crippen LogP contribution in [0.25, 0.3) is 11.3 Å². The first kappa shape index (κ1) is 19.0. The molecule has 0 aliphatic rings. The zero-order chi connectivity index (χ0) is 19.8. The van der Waals surface area contributed by atoms with Crippen molar-refractivity contribution in [2.45, 2.75) is 24.3 Å². The molecule has 6 nitrogen and oxygen atoms in total. The van der Waals surface area contributed by atoms with Gasteiger partial charge in [0, 0.05) is 5.41 Å². The average Bonchev–Trinajstić information content (AvgIpc) is 2.61. The Morgan fingerprint density at radius 3 is 2.15 bits per heavy atom. The fraction of sp³-hybridized carbons (Fsp3) is 0.167.